The van der Waals surface area contributed by atoms with Gasteiger partial charge >= 0.3 is 0 Å². The summed E-state index contributed by atoms with van der Waals surface area (Å²) in [5, 5.41) is 7.07. The second-order valence-corrected chi connectivity index (χ2v) is 5.93. The molecule has 0 aliphatic rings. The van der Waals surface area contributed by atoms with Crippen molar-refractivity contribution in [3.8, 4) is 11.5 Å². The summed E-state index contributed by atoms with van der Waals surface area (Å²) in [4.78, 5) is 4.14. The van der Waals surface area contributed by atoms with Crippen LogP contribution in [0.25, 0.3) is 11.5 Å². The Bertz CT molecular complexity index is 665. The Morgan fingerprint density at radius 2 is 2.06 bits per heavy atom. The molecule has 0 spiro atoms. The first-order valence-corrected chi connectivity index (χ1v) is 6.98. The van der Waals surface area contributed by atoms with Crippen molar-refractivity contribution in [3.63, 3.8) is 0 Å². The van der Waals surface area contributed by atoms with Crippen LogP contribution < -0.4 is 0 Å². The van der Waals surface area contributed by atoms with Crippen LogP contribution in [0.4, 0.5) is 0 Å². The lowest BCUT2D eigenvalue weighted by atomic mass is 10.2. The minimum absolute atomic E-state index is 0.292. The van der Waals surface area contributed by atoms with Gasteiger partial charge in [0.2, 0.25) is 0 Å². The van der Waals surface area contributed by atoms with Crippen molar-refractivity contribution in [1.29, 1.82) is 0 Å². The third-order valence-corrected chi connectivity index (χ3v) is 3.48. The monoisotopic (exact) mass is 272 g/mol. The van der Waals surface area contributed by atoms with E-state index in [1.54, 1.807) is 12.3 Å². The third kappa shape index (κ3) is 2.16. The van der Waals surface area contributed by atoms with Gasteiger partial charge in [0.1, 0.15) is 5.69 Å². The van der Waals surface area contributed by atoms with Crippen molar-refractivity contribution in [2.45, 2.75) is 12.1 Å². The van der Waals surface area contributed by atoms with Crippen LogP contribution in [0.5, 0.6) is 0 Å². The molecule has 0 amide bonds. The van der Waals surface area contributed by atoms with Gasteiger partial charge in [-0.05, 0) is 18.6 Å². The molecule has 2 aromatic heterocycles. The summed E-state index contributed by atoms with van der Waals surface area (Å²) in [6.07, 6.45) is 1.60. The first kappa shape index (κ1) is 12.0. The average Bonchev–Trinajstić information content (AvgIpc) is 2.60. The van der Waals surface area contributed by atoms with Crippen LogP contribution in [0.3, 0.4) is 0 Å². The lowest BCUT2D eigenvalue weighted by molar-refractivity contribution is 0.593. The fraction of sp³-hybridized carbons (Fsp3) is 0.222. The van der Waals surface area contributed by atoms with Crippen LogP contribution in [0.2, 0.25) is 0 Å². The van der Waals surface area contributed by atoms with E-state index in [-0.39, 0.29) is 5.16 Å². The zero-order valence-corrected chi connectivity index (χ0v) is 10.7. The molecule has 0 aliphatic heterocycles. The van der Waals surface area contributed by atoms with E-state index in [4.69, 9.17) is 10.7 Å². The first-order valence-electron chi connectivity index (χ1n) is 4.67. The minimum Gasteiger partial charge on any atom is -0.299 e. The molecule has 0 aromatic carbocycles. The molecule has 2 heterocycles. The Morgan fingerprint density at radius 1 is 1.35 bits per heavy atom. The largest absolute Gasteiger partial charge is 0.299 e. The lowest BCUT2D eigenvalue weighted by Crippen LogP contribution is -2.03. The molecule has 0 bridgehead atoms. The lowest BCUT2D eigenvalue weighted by Gasteiger charge is -2.03. The molecule has 0 unspecified atom stereocenters. The van der Waals surface area contributed by atoms with Crippen LogP contribution in [-0.2, 0) is 16.1 Å². The second-order valence-electron chi connectivity index (χ2n) is 3.47. The van der Waals surface area contributed by atoms with Crippen LogP contribution >= 0.6 is 10.7 Å². The summed E-state index contributed by atoms with van der Waals surface area (Å²) in [5.41, 5.74) is 1.45. The standard InChI is InChI=1S/C9H9ClN4O2S/c1-6-4-3-5-11-7(6)8-12-13-9(14(8)2)17(10,15)16/h3-5H,1-2H3. The smallest absolute Gasteiger partial charge is 0.296 e. The van der Waals surface area contributed by atoms with Gasteiger partial charge in [-0.15, -0.1) is 10.2 Å². The normalized spacial score (nSPS) is 11.7. The van der Waals surface area contributed by atoms with Gasteiger partial charge in [0, 0.05) is 23.9 Å². The predicted molar refractivity (Wildman–Crippen MR) is 62.0 cm³/mol. The van der Waals surface area contributed by atoms with Gasteiger partial charge in [-0.3, -0.25) is 9.55 Å². The molecule has 6 nitrogen and oxygen atoms in total. The van der Waals surface area contributed by atoms with E-state index >= 15 is 0 Å². The van der Waals surface area contributed by atoms with Gasteiger partial charge in [0.05, 0.1) is 0 Å². The maximum absolute atomic E-state index is 11.2. The molecule has 0 aliphatic carbocycles. The molecule has 0 radical (unpaired) electrons. The Kier molecular flexibility index (Phi) is 2.88. The molecule has 17 heavy (non-hydrogen) atoms. The SMILES string of the molecule is Cc1cccnc1-c1nnc(S(=O)(=O)Cl)n1C. The minimum atomic E-state index is -3.90. The number of aromatic nitrogens is 4. The molecule has 8 heteroatoms. The van der Waals surface area contributed by atoms with Crippen LogP contribution in [0.1, 0.15) is 5.56 Å². The van der Waals surface area contributed by atoms with E-state index in [9.17, 15) is 8.42 Å². The van der Waals surface area contributed by atoms with Gasteiger partial charge in [-0.2, -0.15) is 0 Å². The summed E-state index contributed by atoms with van der Waals surface area (Å²) >= 11 is 0. The zero-order valence-electron chi connectivity index (χ0n) is 9.12. The van der Waals surface area contributed by atoms with Crippen LogP contribution in [-0.4, -0.2) is 28.2 Å². The number of hydrogen-bond acceptors (Lipinski definition) is 5. The molecular formula is C9H9ClN4O2S. The fourth-order valence-corrected chi connectivity index (χ4v) is 2.41. The molecule has 0 N–H and O–H groups in total. The van der Waals surface area contributed by atoms with Gasteiger partial charge < -0.3 is 0 Å². The first-order chi connectivity index (χ1) is 7.91. The van der Waals surface area contributed by atoms with E-state index in [2.05, 4.69) is 15.2 Å². The molecule has 2 rings (SSSR count). The Balaban J connectivity index is 2.64. The molecular weight excluding hydrogens is 264 g/mol. The summed E-state index contributed by atoms with van der Waals surface area (Å²) < 4.78 is 23.7. The van der Waals surface area contributed by atoms with Gasteiger partial charge in [-0.25, -0.2) is 8.42 Å². The maximum atomic E-state index is 11.2. The number of nitrogens with zero attached hydrogens (tertiary/aromatic N) is 4. The van der Waals surface area contributed by atoms with E-state index < -0.39 is 9.05 Å². The highest BCUT2D eigenvalue weighted by Gasteiger charge is 2.22. The van der Waals surface area contributed by atoms with Crippen molar-refractivity contribution >= 4 is 19.7 Å². The van der Waals surface area contributed by atoms with E-state index in [0.717, 1.165) is 5.56 Å². The highest BCUT2D eigenvalue weighted by Crippen LogP contribution is 2.21. The molecule has 0 saturated heterocycles. The van der Waals surface area contributed by atoms with E-state index in [1.165, 1.54) is 11.6 Å². The average molecular weight is 273 g/mol. The van der Waals surface area contributed by atoms with Crippen molar-refractivity contribution in [1.82, 2.24) is 19.7 Å². The van der Waals surface area contributed by atoms with Crippen molar-refractivity contribution in [3.05, 3.63) is 23.9 Å². The van der Waals surface area contributed by atoms with Gasteiger partial charge in [-0.1, -0.05) is 6.07 Å². The van der Waals surface area contributed by atoms with Crippen molar-refractivity contribution in [2.75, 3.05) is 0 Å². The van der Waals surface area contributed by atoms with Crippen LogP contribution in [0.15, 0.2) is 23.5 Å². The third-order valence-electron chi connectivity index (χ3n) is 2.27. The maximum Gasteiger partial charge on any atom is 0.296 e. The van der Waals surface area contributed by atoms with E-state index in [0.29, 0.717) is 11.5 Å². The van der Waals surface area contributed by atoms with Gasteiger partial charge in [0.25, 0.3) is 14.2 Å². The second kappa shape index (κ2) is 4.08. The number of aryl methyl sites for hydroxylation is 1. The molecule has 0 atom stereocenters. The number of pyridine rings is 1. The molecule has 0 fully saturated rings. The highest BCUT2D eigenvalue weighted by molar-refractivity contribution is 8.13. The van der Waals surface area contributed by atoms with Crippen LogP contribution in [0, 0.1) is 6.92 Å². The topological polar surface area (TPSA) is 77.7 Å². The number of rotatable bonds is 2. The molecule has 90 valence electrons. The van der Waals surface area contributed by atoms with Crippen molar-refractivity contribution in [2.24, 2.45) is 7.05 Å². The zero-order chi connectivity index (χ0) is 12.6. The summed E-state index contributed by atoms with van der Waals surface area (Å²) in [6.45, 7) is 1.85. The predicted octanol–water partition coefficient (Wildman–Crippen LogP) is 1.11. The summed E-state index contributed by atoms with van der Waals surface area (Å²) in [7, 11) is 2.86. The molecule has 2 aromatic rings. The highest BCUT2D eigenvalue weighted by atomic mass is 35.7. The van der Waals surface area contributed by atoms with Gasteiger partial charge in [0.15, 0.2) is 5.82 Å². The Labute approximate surface area is 103 Å². The summed E-state index contributed by atoms with van der Waals surface area (Å²) in [6, 6.07) is 3.64. The quantitative estimate of drug-likeness (QED) is 0.766. The Hall–Kier alpha value is -1.47. The number of halogens is 1. The Morgan fingerprint density at radius 3 is 2.59 bits per heavy atom. The fourth-order valence-electron chi connectivity index (χ4n) is 1.45. The van der Waals surface area contributed by atoms with Crippen molar-refractivity contribution < 1.29 is 8.42 Å². The molecule has 0 saturated carbocycles. The summed E-state index contributed by atoms with van der Waals surface area (Å²) in [5.74, 6) is 0.363. The van der Waals surface area contributed by atoms with E-state index in [1.807, 2.05) is 13.0 Å². The number of hydrogen-bond donors (Lipinski definition) is 0.